The molecule has 2 fully saturated rings. The molecule has 160 valence electrons. The summed E-state index contributed by atoms with van der Waals surface area (Å²) in [6.45, 7) is 7.39. The van der Waals surface area contributed by atoms with Gasteiger partial charge >= 0.3 is 6.09 Å². The zero-order valence-electron chi connectivity index (χ0n) is 17.2. The first kappa shape index (κ1) is 21.3. The van der Waals surface area contributed by atoms with E-state index in [9.17, 15) is 9.59 Å². The zero-order chi connectivity index (χ0) is 20.8. The van der Waals surface area contributed by atoms with Crippen molar-refractivity contribution in [1.82, 2.24) is 14.8 Å². The number of hydrogen-bond donors (Lipinski definition) is 1. The predicted octanol–water partition coefficient (Wildman–Crippen LogP) is 0.938. The summed E-state index contributed by atoms with van der Waals surface area (Å²) in [6.07, 6.45) is 2.73. The molecule has 2 aliphatic rings. The van der Waals surface area contributed by atoms with Crippen LogP contribution in [0, 0.1) is 0 Å². The third-order valence-corrected chi connectivity index (χ3v) is 5.67. The summed E-state index contributed by atoms with van der Waals surface area (Å²) in [6, 6.07) is 3.84. The van der Waals surface area contributed by atoms with Crippen LogP contribution < -0.4 is 10.6 Å². The summed E-state index contributed by atoms with van der Waals surface area (Å²) >= 11 is 0. The summed E-state index contributed by atoms with van der Waals surface area (Å²) in [5, 5.41) is 0. The Labute approximate surface area is 171 Å². The Morgan fingerprint density at radius 2 is 1.86 bits per heavy atom. The third kappa shape index (κ3) is 5.57. The SMILES string of the molecule is COCC(C)N1CCN(C(=O)OC2CCN(c3ccc(C(N)=O)cn3)CC2)CC1. The summed E-state index contributed by atoms with van der Waals surface area (Å²) in [7, 11) is 1.71. The first-order valence-corrected chi connectivity index (χ1v) is 10.2. The minimum absolute atomic E-state index is 0.0749. The third-order valence-electron chi connectivity index (χ3n) is 5.67. The van der Waals surface area contributed by atoms with Gasteiger partial charge in [-0.15, -0.1) is 0 Å². The molecule has 29 heavy (non-hydrogen) atoms. The number of amides is 2. The smallest absolute Gasteiger partial charge is 0.410 e. The Bertz CT molecular complexity index is 683. The number of aromatic nitrogens is 1. The van der Waals surface area contributed by atoms with Gasteiger partial charge in [0.15, 0.2) is 0 Å². The van der Waals surface area contributed by atoms with Crippen molar-refractivity contribution in [2.45, 2.75) is 31.9 Å². The van der Waals surface area contributed by atoms with E-state index in [1.165, 1.54) is 6.20 Å². The highest BCUT2D eigenvalue weighted by Gasteiger charge is 2.28. The maximum atomic E-state index is 12.5. The zero-order valence-corrected chi connectivity index (χ0v) is 17.2. The summed E-state index contributed by atoms with van der Waals surface area (Å²) in [5.74, 6) is 0.324. The molecule has 2 N–H and O–H groups in total. The van der Waals surface area contributed by atoms with Crippen LogP contribution in [0.15, 0.2) is 18.3 Å². The number of primary amides is 1. The van der Waals surface area contributed by atoms with E-state index in [0.29, 0.717) is 31.3 Å². The molecule has 1 aromatic rings. The van der Waals surface area contributed by atoms with Gasteiger partial charge in [0.2, 0.25) is 5.91 Å². The molecule has 9 heteroatoms. The molecule has 0 aliphatic carbocycles. The number of methoxy groups -OCH3 is 1. The molecule has 3 rings (SSSR count). The van der Waals surface area contributed by atoms with Crippen molar-refractivity contribution in [3.05, 3.63) is 23.9 Å². The molecule has 1 aromatic heterocycles. The van der Waals surface area contributed by atoms with Crippen LogP contribution in [0.3, 0.4) is 0 Å². The van der Waals surface area contributed by atoms with Gasteiger partial charge in [0.25, 0.3) is 0 Å². The van der Waals surface area contributed by atoms with Crippen LogP contribution in [0.4, 0.5) is 10.6 Å². The van der Waals surface area contributed by atoms with E-state index in [1.807, 2.05) is 0 Å². The van der Waals surface area contributed by atoms with E-state index < -0.39 is 5.91 Å². The Morgan fingerprint density at radius 1 is 1.17 bits per heavy atom. The average Bonchev–Trinajstić information content (AvgIpc) is 2.74. The van der Waals surface area contributed by atoms with Crippen molar-refractivity contribution < 1.29 is 19.1 Å². The summed E-state index contributed by atoms with van der Waals surface area (Å²) in [5.41, 5.74) is 5.65. The molecule has 0 radical (unpaired) electrons. The van der Waals surface area contributed by atoms with E-state index in [4.69, 9.17) is 15.2 Å². The number of hydrogen-bond acceptors (Lipinski definition) is 7. The molecule has 0 spiro atoms. The van der Waals surface area contributed by atoms with E-state index in [2.05, 4.69) is 21.7 Å². The molecule has 3 heterocycles. The first-order chi connectivity index (χ1) is 14.0. The molecule has 0 bridgehead atoms. The quantitative estimate of drug-likeness (QED) is 0.751. The number of pyridine rings is 1. The summed E-state index contributed by atoms with van der Waals surface area (Å²) < 4.78 is 11.0. The molecular weight excluding hydrogens is 374 g/mol. The number of piperidine rings is 1. The van der Waals surface area contributed by atoms with Crippen molar-refractivity contribution >= 4 is 17.8 Å². The maximum absolute atomic E-state index is 12.5. The molecule has 0 aromatic carbocycles. The van der Waals surface area contributed by atoms with E-state index in [0.717, 1.165) is 44.8 Å². The predicted molar refractivity (Wildman–Crippen MR) is 109 cm³/mol. The van der Waals surface area contributed by atoms with Gasteiger partial charge in [0.05, 0.1) is 12.2 Å². The van der Waals surface area contributed by atoms with Crippen molar-refractivity contribution in [3.63, 3.8) is 0 Å². The van der Waals surface area contributed by atoms with Gasteiger partial charge in [0.1, 0.15) is 11.9 Å². The van der Waals surface area contributed by atoms with E-state index in [1.54, 1.807) is 24.1 Å². The minimum Gasteiger partial charge on any atom is -0.446 e. The number of piperazine rings is 1. The van der Waals surface area contributed by atoms with Gasteiger partial charge in [-0.2, -0.15) is 0 Å². The molecule has 9 nitrogen and oxygen atoms in total. The minimum atomic E-state index is -0.483. The highest BCUT2D eigenvalue weighted by Crippen LogP contribution is 2.21. The fourth-order valence-corrected chi connectivity index (χ4v) is 3.83. The number of nitrogens with two attached hydrogens (primary N) is 1. The molecular formula is C20H31N5O4. The fraction of sp³-hybridized carbons (Fsp3) is 0.650. The largest absolute Gasteiger partial charge is 0.446 e. The monoisotopic (exact) mass is 405 g/mol. The van der Waals surface area contributed by atoms with Crippen LogP contribution >= 0.6 is 0 Å². The highest BCUT2D eigenvalue weighted by molar-refractivity contribution is 5.92. The van der Waals surface area contributed by atoms with Gasteiger partial charge in [-0.3, -0.25) is 9.69 Å². The average molecular weight is 405 g/mol. The van der Waals surface area contributed by atoms with Crippen molar-refractivity contribution in [2.24, 2.45) is 5.73 Å². The van der Waals surface area contributed by atoms with Crippen molar-refractivity contribution in [1.29, 1.82) is 0 Å². The Morgan fingerprint density at radius 3 is 2.41 bits per heavy atom. The van der Waals surface area contributed by atoms with Crippen molar-refractivity contribution in [3.8, 4) is 0 Å². The van der Waals surface area contributed by atoms with Crippen molar-refractivity contribution in [2.75, 3.05) is 57.9 Å². The molecule has 2 saturated heterocycles. The summed E-state index contributed by atoms with van der Waals surface area (Å²) in [4.78, 5) is 34.2. The Hall–Kier alpha value is -2.39. The van der Waals surface area contributed by atoms with Crippen LogP contribution in [0.2, 0.25) is 0 Å². The number of rotatable bonds is 6. The fourth-order valence-electron chi connectivity index (χ4n) is 3.83. The van der Waals surface area contributed by atoms with Crippen LogP contribution in [-0.2, 0) is 9.47 Å². The van der Waals surface area contributed by atoms with Gasteiger partial charge < -0.3 is 25.0 Å². The topological polar surface area (TPSA) is 101 Å². The molecule has 2 aliphatic heterocycles. The molecule has 0 saturated carbocycles. The molecule has 1 unspecified atom stereocenters. The van der Waals surface area contributed by atoms with E-state index >= 15 is 0 Å². The standard InChI is InChI=1S/C20H31N5O4/c1-15(14-28-2)23-9-11-25(12-10-23)20(27)29-17-5-7-24(8-6-17)18-4-3-16(13-22-18)19(21)26/h3-4,13,15,17H,5-12,14H2,1-2H3,(H2,21,26). The van der Waals surface area contributed by atoms with Gasteiger partial charge in [-0.25, -0.2) is 9.78 Å². The lowest BCUT2D eigenvalue weighted by Gasteiger charge is -2.38. The van der Waals surface area contributed by atoms with Crippen LogP contribution in [0.25, 0.3) is 0 Å². The number of ether oxygens (including phenoxy) is 2. The number of nitrogens with zero attached hydrogens (tertiary/aromatic N) is 4. The van der Waals surface area contributed by atoms with E-state index in [-0.39, 0.29) is 12.2 Å². The Kier molecular flexibility index (Phi) is 7.27. The number of carbonyl (C=O) groups excluding carboxylic acids is 2. The van der Waals surface area contributed by atoms with Crippen LogP contribution in [0.1, 0.15) is 30.1 Å². The van der Waals surface area contributed by atoms with Crippen LogP contribution in [0.5, 0.6) is 0 Å². The number of anilines is 1. The number of carbonyl (C=O) groups is 2. The second kappa shape index (κ2) is 9.89. The highest BCUT2D eigenvalue weighted by atomic mass is 16.6. The molecule has 1 atom stereocenters. The Balaban J connectivity index is 1.41. The van der Waals surface area contributed by atoms with Gasteiger partial charge in [-0.05, 0) is 19.1 Å². The second-order valence-corrected chi connectivity index (χ2v) is 7.67. The van der Waals surface area contributed by atoms with Gasteiger partial charge in [-0.1, -0.05) is 0 Å². The van der Waals surface area contributed by atoms with Gasteiger partial charge in [0, 0.05) is 71.5 Å². The second-order valence-electron chi connectivity index (χ2n) is 7.67. The lowest BCUT2D eigenvalue weighted by Crippen LogP contribution is -2.53. The lowest BCUT2D eigenvalue weighted by atomic mass is 10.1. The molecule has 2 amide bonds. The first-order valence-electron chi connectivity index (χ1n) is 10.2. The van der Waals surface area contributed by atoms with Crippen LogP contribution in [-0.4, -0.2) is 91.9 Å². The lowest BCUT2D eigenvalue weighted by molar-refractivity contribution is 0.0239. The maximum Gasteiger partial charge on any atom is 0.410 e. The normalized spacial score (nSPS) is 19.8.